The molecule has 1 aliphatic rings. The summed E-state index contributed by atoms with van der Waals surface area (Å²) in [7, 11) is 0. The summed E-state index contributed by atoms with van der Waals surface area (Å²) in [5.74, 6) is 2.39. The monoisotopic (exact) mass is 374 g/mol. The Labute approximate surface area is 158 Å². The van der Waals surface area contributed by atoms with Crippen LogP contribution in [0.2, 0.25) is 0 Å². The summed E-state index contributed by atoms with van der Waals surface area (Å²) >= 11 is 0. The quantitative estimate of drug-likeness (QED) is 0.445. The van der Waals surface area contributed by atoms with E-state index in [-0.39, 0.29) is 24.8 Å². The van der Waals surface area contributed by atoms with Gasteiger partial charge in [-0.15, -0.1) is 0 Å². The first-order valence-corrected chi connectivity index (χ1v) is 8.24. The van der Waals surface area contributed by atoms with Crippen molar-refractivity contribution < 1.29 is 34.3 Å². The van der Waals surface area contributed by atoms with Gasteiger partial charge in [0.05, 0.1) is 6.61 Å². The number of hydrogen-bond acceptors (Lipinski definition) is 4. The van der Waals surface area contributed by atoms with Gasteiger partial charge in [0.15, 0.2) is 11.5 Å². The second-order valence-corrected chi connectivity index (χ2v) is 5.64. The Balaban J connectivity index is 0.00000264. The molecule has 2 N–H and O–H groups in total. The highest BCUT2D eigenvalue weighted by molar-refractivity contribution is 5.43. The van der Waals surface area contributed by atoms with Crippen LogP contribution >= 0.6 is 0 Å². The van der Waals surface area contributed by atoms with Crippen LogP contribution in [0.5, 0.6) is 11.5 Å². The zero-order chi connectivity index (χ0) is 15.6. The van der Waals surface area contributed by atoms with Crippen LogP contribution in [0.15, 0.2) is 30.9 Å². The van der Waals surface area contributed by atoms with Crippen molar-refractivity contribution in [3.8, 4) is 11.5 Å². The minimum absolute atomic E-state index is 0. The van der Waals surface area contributed by atoms with E-state index in [2.05, 4.69) is 29.3 Å². The van der Waals surface area contributed by atoms with Gasteiger partial charge in [-0.2, -0.15) is 0 Å². The highest BCUT2D eigenvalue weighted by Gasteiger charge is 2.12. The molecule has 0 unspecified atom stereocenters. The van der Waals surface area contributed by atoms with E-state index in [4.69, 9.17) is 9.47 Å². The molecule has 0 atom stereocenters. The summed E-state index contributed by atoms with van der Waals surface area (Å²) in [6, 6.07) is 6.14. The Morgan fingerprint density at radius 3 is 2.62 bits per heavy atom. The van der Waals surface area contributed by atoms with Gasteiger partial charge < -0.3 is 44.9 Å². The fourth-order valence-electron chi connectivity index (χ4n) is 2.71. The zero-order valence-electron chi connectivity index (χ0n) is 14.3. The molecule has 4 nitrogen and oxygen atoms in total. The summed E-state index contributed by atoms with van der Waals surface area (Å²) in [6.07, 6.45) is 4.28. The molecule has 1 fully saturated rings. The van der Waals surface area contributed by atoms with Gasteiger partial charge in [-0.05, 0) is 63.0 Å². The van der Waals surface area contributed by atoms with Crippen LogP contribution in [-0.2, 0) is 6.54 Å². The van der Waals surface area contributed by atoms with Gasteiger partial charge in [0, 0.05) is 6.54 Å². The summed E-state index contributed by atoms with van der Waals surface area (Å²) in [5.41, 5.74) is 1.23. The molecular formula is C18H28Cl2N2O2-2. The summed E-state index contributed by atoms with van der Waals surface area (Å²) in [5, 5.41) is 6.97. The predicted octanol–water partition coefficient (Wildman–Crippen LogP) is -3.25. The molecule has 2 rings (SSSR count). The molecule has 0 spiro atoms. The summed E-state index contributed by atoms with van der Waals surface area (Å²) < 4.78 is 11.3. The van der Waals surface area contributed by atoms with E-state index < -0.39 is 0 Å². The Hall–Kier alpha value is -0.940. The SMILES string of the molecule is C=CCOc1ccc(CNCC2CCNCC2)cc1OCC.[Cl-].[Cl-]. The second kappa shape index (κ2) is 13.4. The van der Waals surface area contributed by atoms with E-state index in [1.165, 1.54) is 18.4 Å². The number of hydrogen-bond donors (Lipinski definition) is 2. The lowest BCUT2D eigenvalue weighted by atomic mass is 9.98. The smallest absolute Gasteiger partial charge is 0.161 e. The van der Waals surface area contributed by atoms with E-state index >= 15 is 0 Å². The lowest BCUT2D eigenvalue weighted by molar-refractivity contribution is -0.00100. The van der Waals surface area contributed by atoms with Crippen LogP contribution in [0.3, 0.4) is 0 Å². The number of nitrogens with one attached hydrogen (secondary N) is 2. The maximum Gasteiger partial charge on any atom is 0.161 e. The molecular weight excluding hydrogens is 347 g/mol. The third-order valence-corrected chi connectivity index (χ3v) is 3.89. The third kappa shape index (κ3) is 7.75. The Morgan fingerprint density at radius 1 is 1.21 bits per heavy atom. The van der Waals surface area contributed by atoms with Gasteiger partial charge in [-0.3, -0.25) is 0 Å². The van der Waals surface area contributed by atoms with Crippen molar-refractivity contribution >= 4 is 0 Å². The lowest BCUT2D eigenvalue weighted by Gasteiger charge is -2.23. The summed E-state index contributed by atoms with van der Waals surface area (Å²) in [4.78, 5) is 0. The van der Waals surface area contributed by atoms with Crippen LogP contribution in [0.1, 0.15) is 25.3 Å². The van der Waals surface area contributed by atoms with Crippen molar-refractivity contribution in [2.24, 2.45) is 5.92 Å². The molecule has 138 valence electrons. The minimum atomic E-state index is 0. The predicted molar refractivity (Wildman–Crippen MR) is 90.6 cm³/mol. The molecule has 0 saturated carbocycles. The van der Waals surface area contributed by atoms with Crippen molar-refractivity contribution in [2.75, 3.05) is 32.8 Å². The highest BCUT2D eigenvalue weighted by Crippen LogP contribution is 2.28. The second-order valence-electron chi connectivity index (χ2n) is 5.64. The minimum Gasteiger partial charge on any atom is -1.00 e. The van der Waals surface area contributed by atoms with Crippen LogP contribution < -0.4 is 44.9 Å². The summed E-state index contributed by atoms with van der Waals surface area (Å²) in [6.45, 7) is 11.0. The van der Waals surface area contributed by atoms with E-state index in [9.17, 15) is 0 Å². The van der Waals surface area contributed by atoms with Crippen molar-refractivity contribution in [3.05, 3.63) is 36.4 Å². The standard InChI is InChI=1S/C18H28N2O2.2ClH/c1-3-11-22-17-6-5-16(12-18(17)21-4-2)14-20-13-15-7-9-19-10-8-15;;/h3,5-6,12,15,19-20H,1,4,7-11,13-14H2,2H3;2*1H/p-2. The van der Waals surface area contributed by atoms with Crippen LogP contribution in [0.4, 0.5) is 0 Å². The molecule has 1 aromatic carbocycles. The van der Waals surface area contributed by atoms with Gasteiger partial charge in [0.25, 0.3) is 0 Å². The van der Waals surface area contributed by atoms with Crippen molar-refractivity contribution in [1.82, 2.24) is 10.6 Å². The van der Waals surface area contributed by atoms with Crippen molar-refractivity contribution in [2.45, 2.75) is 26.3 Å². The molecule has 0 aliphatic carbocycles. The first-order valence-electron chi connectivity index (χ1n) is 8.24. The van der Waals surface area contributed by atoms with Crippen LogP contribution in [0.25, 0.3) is 0 Å². The molecule has 24 heavy (non-hydrogen) atoms. The average Bonchev–Trinajstić information content (AvgIpc) is 2.55. The molecule has 1 saturated heterocycles. The first kappa shape index (κ1) is 23.1. The normalized spacial score (nSPS) is 14.2. The van der Waals surface area contributed by atoms with Gasteiger partial charge in [-0.1, -0.05) is 18.7 Å². The van der Waals surface area contributed by atoms with Crippen LogP contribution in [-0.4, -0.2) is 32.8 Å². The largest absolute Gasteiger partial charge is 1.00 e. The molecule has 1 heterocycles. The zero-order valence-corrected chi connectivity index (χ0v) is 15.8. The van der Waals surface area contributed by atoms with E-state index in [0.29, 0.717) is 13.2 Å². The fourth-order valence-corrected chi connectivity index (χ4v) is 2.71. The van der Waals surface area contributed by atoms with Crippen molar-refractivity contribution in [3.63, 3.8) is 0 Å². The number of benzene rings is 1. The van der Waals surface area contributed by atoms with Gasteiger partial charge >= 0.3 is 0 Å². The molecule has 0 amide bonds. The van der Waals surface area contributed by atoms with Gasteiger partial charge in [-0.25, -0.2) is 0 Å². The van der Waals surface area contributed by atoms with Crippen LogP contribution in [0, 0.1) is 5.92 Å². The molecule has 0 bridgehead atoms. The van der Waals surface area contributed by atoms with E-state index in [1.807, 2.05) is 13.0 Å². The van der Waals surface area contributed by atoms with Gasteiger partial charge in [0.1, 0.15) is 6.61 Å². The molecule has 1 aromatic rings. The number of ether oxygens (including phenoxy) is 2. The average molecular weight is 375 g/mol. The number of piperidine rings is 1. The number of halogens is 2. The molecule has 6 heteroatoms. The van der Waals surface area contributed by atoms with Crippen molar-refractivity contribution in [1.29, 1.82) is 0 Å². The Bertz CT molecular complexity index is 466. The van der Waals surface area contributed by atoms with E-state index in [1.54, 1.807) is 6.08 Å². The number of rotatable bonds is 9. The van der Waals surface area contributed by atoms with E-state index in [0.717, 1.165) is 43.6 Å². The maximum atomic E-state index is 5.68. The lowest BCUT2D eigenvalue weighted by Crippen LogP contribution is -3.00. The Morgan fingerprint density at radius 2 is 1.96 bits per heavy atom. The van der Waals surface area contributed by atoms with Gasteiger partial charge in [0.2, 0.25) is 0 Å². The molecule has 0 radical (unpaired) electrons. The molecule has 0 aromatic heterocycles. The fraction of sp³-hybridized carbons (Fsp3) is 0.556. The third-order valence-electron chi connectivity index (χ3n) is 3.89. The maximum absolute atomic E-state index is 5.68. The first-order chi connectivity index (χ1) is 10.8. The highest BCUT2D eigenvalue weighted by atomic mass is 35.5. The topological polar surface area (TPSA) is 42.5 Å². The molecule has 1 aliphatic heterocycles. The Kier molecular flexibility index (Phi) is 12.8.